The summed E-state index contributed by atoms with van der Waals surface area (Å²) in [6.07, 6.45) is 0.708. The van der Waals surface area contributed by atoms with E-state index < -0.39 is 10.2 Å². The molecule has 0 radical (unpaired) electrons. The molecule has 0 aromatic rings. The van der Waals surface area contributed by atoms with Gasteiger partial charge in [0.15, 0.2) is 0 Å². The van der Waals surface area contributed by atoms with Gasteiger partial charge in [-0.05, 0) is 6.42 Å². The summed E-state index contributed by atoms with van der Waals surface area (Å²) in [7, 11) is -3.35. The molecule has 1 rings (SSSR count). The van der Waals surface area contributed by atoms with Crippen molar-refractivity contribution in [3.63, 3.8) is 0 Å². The molecule has 0 amide bonds. The Hall–Kier alpha value is -0.210. The average molecular weight is 237 g/mol. The Morgan fingerprint density at radius 1 is 1.47 bits per heavy atom. The highest BCUT2D eigenvalue weighted by Crippen LogP contribution is 1.94. The van der Waals surface area contributed by atoms with Crippen LogP contribution in [0.1, 0.15) is 13.3 Å². The number of morpholine rings is 1. The zero-order valence-electron chi connectivity index (χ0n) is 8.95. The summed E-state index contributed by atoms with van der Waals surface area (Å²) in [5.41, 5.74) is 0. The van der Waals surface area contributed by atoms with Gasteiger partial charge in [0.05, 0.1) is 12.7 Å². The van der Waals surface area contributed by atoms with Crippen LogP contribution in [0.25, 0.3) is 0 Å². The van der Waals surface area contributed by atoms with Crippen LogP contribution >= 0.6 is 0 Å². The van der Waals surface area contributed by atoms with Crippen LogP contribution < -0.4 is 14.8 Å². The van der Waals surface area contributed by atoms with E-state index in [-0.39, 0.29) is 6.10 Å². The van der Waals surface area contributed by atoms with Gasteiger partial charge >= 0.3 is 0 Å². The number of nitrogens with one attached hydrogen (secondary N) is 3. The van der Waals surface area contributed by atoms with Crippen molar-refractivity contribution < 1.29 is 13.2 Å². The van der Waals surface area contributed by atoms with Crippen molar-refractivity contribution >= 4 is 10.2 Å². The second-order valence-electron chi connectivity index (χ2n) is 3.44. The molecule has 1 atom stereocenters. The monoisotopic (exact) mass is 237 g/mol. The van der Waals surface area contributed by atoms with Crippen LogP contribution in [0.15, 0.2) is 0 Å². The molecular weight excluding hydrogens is 218 g/mol. The van der Waals surface area contributed by atoms with Gasteiger partial charge in [-0.25, -0.2) is 4.72 Å². The summed E-state index contributed by atoms with van der Waals surface area (Å²) in [6, 6.07) is 0. The van der Waals surface area contributed by atoms with Gasteiger partial charge in [-0.3, -0.25) is 0 Å². The summed E-state index contributed by atoms with van der Waals surface area (Å²) in [6.45, 7) is 4.84. The Balaban J connectivity index is 2.22. The first-order valence-corrected chi connectivity index (χ1v) is 6.69. The van der Waals surface area contributed by atoms with Crippen LogP contribution in [-0.2, 0) is 14.9 Å². The van der Waals surface area contributed by atoms with Crippen LogP contribution in [0, 0.1) is 0 Å². The van der Waals surface area contributed by atoms with Crippen LogP contribution in [-0.4, -0.2) is 47.3 Å². The lowest BCUT2D eigenvalue weighted by Gasteiger charge is -2.23. The molecule has 7 heteroatoms. The standard InChI is InChI=1S/C8H19N3O3S/c1-2-3-10-15(12,13)11-7-8-6-9-4-5-14-8/h8-11H,2-7H2,1H3. The summed E-state index contributed by atoms with van der Waals surface area (Å²) in [4.78, 5) is 0. The Labute approximate surface area is 90.9 Å². The number of hydrogen-bond acceptors (Lipinski definition) is 4. The Morgan fingerprint density at radius 2 is 2.27 bits per heavy atom. The highest BCUT2D eigenvalue weighted by atomic mass is 32.2. The van der Waals surface area contributed by atoms with Gasteiger partial charge < -0.3 is 10.1 Å². The van der Waals surface area contributed by atoms with E-state index in [0.717, 1.165) is 13.0 Å². The molecule has 1 aliphatic rings. The summed E-state index contributed by atoms with van der Waals surface area (Å²) in [5, 5.41) is 3.13. The molecule has 1 aliphatic heterocycles. The van der Waals surface area contributed by atoms with Gasteiger partial charge in [0, 0.05) is 26.2 Å². The van der Waals surface area contributed by atoms with Gasteiger partial charge in [0.1, 0.15) is 0 Å². The van der Waals surface area contributed by atoms with Crippen molar-refractivity contribution in [2.45, 2.75) is 19.4 Å². The highest BCUT2D eigenvalue weighted by Gasteiger charge is 2.16. The molecule has 0 bridgehead atoms. The molecule has 3 N–H and O–H groups in total. The van der Waals surface area contributed by atoms with Gasteiger partial charge in [-0.1, -0.05) is 6.92 Å². The van der Waals surface area contributed by atoms with E-state index in [1.165, 1.54) is 0 Å². The third-order valence-corrected chi connectivity index (χ3v) is 3.18. The minimum absolute atomic E-state index is 0.0723. The number of rotatable bonds is 6. The largest absolute Gasteiger partial charge is 0.374 e. The van der Waals surface area contributed by atoms with E-state index in [1.807, 2.05) is 6.92 Å². The van der Waals surface area contributed by atoms with Crippen molar-refractivity contribution in [1.82, 2.24) is 14.8 Å². The predicted molar refractivity (Wildman–Crippen MR) is 57.8 cm³/mol. The lowest BCUT2D eigenvalue weighted by molar-refractivity contribution is 0.0323. The molecule has 1 heterocycles. The molecule has 0 aromatic heterocycles. The fourth-order valence-corrected chi connectivity index (χ4v) is 2.22. The number of hydrogen-bond donors (Lipinski definition) is 3. The Kier molecular flexibility index (Phi) is 5.48. The smallest absolute Gasteiger partial charge is 0.276 e. The topological polar surface area (TPSA) is 79.5 Å². The van der Waals surface area contributed by atoms with E-state index in [9.17, 15) is 8.42 Å². The Bertz CT molecular complexity index is 262. The molecule has 15 heavy (non-hydrogen) atoms. The summed E-state index contributed by atoms with van der Waals surface area (Å²) < 4.78 is 32.9. The minimum Gasteiger partial charge on any atom is -0.374 e. The van der Waals surface area contributed by atoms with Crippen molar-refractivity contribution in [3.05, 3.63) is 0 Å². The van der Waals surface area contributed by atoms with Gasteiger partial charge in [0.2, 0.25) is 0 Å². The SMILES string of the molecule is CCCNS(=O)(=O)NCC1CNCCO1. The maximum atomic E-state index is 11.3. The lowest BCUT2D eigenvalue weighted by Crippen LogP contribution is -2.47. The first-order valence-electron chi connectivity index (χ1n) is 5.20. The maximum absolute atomic E-state index is 11.3. The van der Waals surface area contributed by atoms with E-state index in [4.69, 9.17) is 4.74 Å². The molecule has 6 nitrogen and oxygen atoms in total. The van der Waals surface area contributed by atoms with Crippen molar-refractivity contribution in [1.29, 1.82) is 0 Å². The van der Waals surface area contributed by atoms with Gasteiger partial charge in [-0.2, -0.15) is 13.1 Å². The molecule has 1 saturated heterocycles. The zero-order chi connectivity index (χ0) is 11.1. The molecule has 90 valence electrons. The summed E-state index contributed by atoms with van der Waals surface area (Å²) >= 11 is 0. The van der Waals surface area contributed by atoms with Gasteiger partial charge in [0.25, 0.3) is 10.2 Å². The van der Waals surface area contributed by atoms with E-state index in [2.05, 4.69) is 14.8 Å². The molecule has 0 aliphatic carbocycles. The minimum atomic E-state index is -3.35. The van der Waals surface area contributed by atoms with Crippen LogP contribution in [0.4, 0.5) is 0 Å². The molecule has 0 spiro atoms. The predicted octanol–water partition coefficient (Wildman–Crippen LogP) is -1.19. The fraction of sp³-hybridized carbons (Fsp3) is 1.00. The maximum Gasteiger partial charge on any atom is 0.276 e. The first kappa shape index (κ1) is 12.9. The second kappa shape index (κ2) is 6.39. The molecule has 0 aromatic carbocycles. The van der Waals surface area contributed by atoms with E-state index in [1.54, 1.807) is 0 Å². The Morgan fingerprint density at radius 3 is 2.87 bits per heavy atom. The molecular formula is C8H19N3O3S. The molecule has 0 saturated carbocycles. The highest BCUT2D eigenvalue weighted by molar-refractivity contribution is 7.87. The molecule has 1 unspecified atom stereocenters. The first-order chi connectivity index (χ1) is 7.14. The second-order valence-corrected chi connectivity index (χ2v) is 5.03. The van der Waals surface area contributed by atoms with Crippen LogP contribution in [0.3, 0.4) is 0 Å². The quantitative estimate of drug-likeness (QED) is 0.543. The normalized spacial score (nSPS) is 22.9. The van der Waals surface area contributed by atoms with Crippen molar-refractivity contribution in [2.75, 3.05) is 32.8 Å². The third-order valence-electron chi connectivity index (χ3n) is 2.05. The van der Waals surface area contributed by atoms with Gasteiger partial charge in [-0.15, -0.1) is 0 Å². The van der Waals surface area contributed by atoms with Crippen LogP contribution in [0.2, 0.25) is 0 Å². The van der Waals surface area contributed by atoms with E-state index in [0.29, 0.717) is 26.2 Å². The average Bonchev–Trinajstić information content (AvgIpc) is 2.25. The van der Waals surface area contributed by atoms with Crippen LogP contribution in [0.5, 0.6) is 0 Å². The zero-order valence-corrected chi connectivity index (χ0v) is 9.77. The fourth-order valence-electron chi connectivity index (χ4n) is 1.24. The summed E-state index contributed by atoms with van der Waals surface area (Å²) in [5.74, 6) is 0. The van der Waals surface area contributed by atoms with Crippen molar-refractivity contribution in [3.8, 4) is 0 Å². The molecule has 1 fully saturated rings. The van der Waals surface area contributed by atoms with Crippen molar-refractivity contribution in [2.24, 2.45) is 0 Å². The lowest BCUT2D eigenvalue weighted by atomic mass is 10.3. The van der Waals surface area contributed by atoms with E-state index >= 15 is 0 Å². The third kappa shape index (κ3) is 5.43. The number of ether oxygens (including phenoxy) is 1.